The standard InChI is InChI=1S/C22H26ClN3O3S/c1-16-14-21(17(2)13-20(16)23)30(28,29)26(4)12-11-25(3)22(27)10-9-18-5-7-19(15-24)8-6-18/h5-8,13-14H,9-12H2,1-4H3. The molecule has 0 aliphatic rings. The topological polar surface area (TPSA) is 81.5 Å². The van der Waals surface area contributed by atoms with E-state index in [4.69, 9.17) is 16.9 Å². The Kier molecular flexibility index (Phi) is 8.02. The fraction of sp³-hybridized carbons (Fsp3) is 0.364. The minimum Gasteiger partial charge on any atom is -0.344 e. The van der Waals surface area contributed by atoms with E-state index in [9.17, 15) is 13.2 Å². The maximum absolute atomic E-state index is 12.9. The predicted molar refractivity (Wildman–Crippen MR) is 118 cm³/mol. The normalized spacial score (nSPS) is 11.4. The highest BCUT2D eigenvalue weighted by Crippen LogP contribution is 2.25. The minimum absolute atomic E-state index is 0.0660. The summed E-state index contributed by atoms with van der Waals surface area (Å²) in [7, 11) is -0.508. The third-order valence-corrected chi connectivity index (χ3v) is 7.44. The van der Waals surface area contributed by atoms with Gasteiger partial charge < -0.3 is 4.90 Å². The van der Waals surface area contributed by atoms with Crippen LogP contribution in [0.3, 0.4) is 0 Å². The second kappa shape index (κ2) is 10.1. The van der Waals surface area contributed by atoms with Gasteiger partial charge in [0.15, 0.2) is 0 Å². The van der Waals surface area contributed by atoms with Crippen molar-refractivity contribution in [3.05, 3.63) is 63.7 Å². The summed E-state index contributed by atoms with van der Waals surface area (Å²) in [4.78, 5) is 14.2. The van der Waals surface area contributed by atoms with Crippen LogP contribution in [-0.2, 0) is 21.2 Å². The highest BCUT2D eigenvalue weighted by atomic mass is 35.5. The SMILES string of the molecule is Cc1cc(S(=O)(=O)N(C)CCN(C)C(=O)CCc2ccc(C#N)cc2)c(C)cc1Cl. The summed E-state index contributed by atoms with van der Waals surface area (Å²) < 4.78 is 27.1. The summed E-state index contributed by atoms with van der Waals surface area (Å²) in [6, 6.07) is 12.4. The maximum Gasteiger partial charge on any atom is 0.243 e. The zero-order chi connectivity index (χ0) is 22.5. The number of amides is 1. The van der Waals surface area contributed by atoms with E-state index in [-0.39, 0.29) is 23.9 Å². The van der Waals surface area contributed by atoms with Crippen LogP contribution in [0.1, 0.15) is 28.7 Å². The Hall–Kier alpha value is -2.40. The summed E-state index contributed by atoms with van der Waals surface area (Å²) in [5, 5.41) is 9.36. The number of nitriles is 1. The number of carbonyl (C=O) groups is 1. The molecule has 0 unspecified atom stereocenters. The molecule has 1 amide bonds. The number of carbonyl (C=O) groups excluding carboxylic acids is 1. The molecule has 8 heteroatoms. The highest BCUT2D eigenvalue weighted by molar-refractivity contribution is 7.89. The molecule has 0 heterocycles. The summed E-state index contributed by atoms with van der Waals surface area (Å²) >= 11 is 6.08. The van der Waals surface area contributed by atoms with Gasteiger partial charge in [0, 0.05) is 38.6 Å². The Balaban J connectivity index is 1.94. The molecule has 0 atom stereocenters. The Morgan fingerprint density at radius 1 is 1.07 bits per heavy atom. The van der Waals surface area contributed by atoms with Crippen LogP contribution in [-0.4, -0.2) is 50.7 Å². The average molecular weight is 448 g/mol. The van der Waals surface area contributed by atoms with Crippen molar-refractivity contribution in [2.24, 2.45) is 0 Å². The Morgan fingerprint density at radius 2 is 1.70 bits per heavy atom. The molecule has 0 saturated heterocycles. The van der Waals surface area contributed by atoms with Crippen LogP contribution in [0.2, 0.25) is 5.02 Å². The molecule has 2 aromatic carbocycles. The van der Waals surface area contributed by atoms with E-state index in [1.165, 1.54) is 16.3 Å². The van der Waals surface area contributed by atoms with Crippen molar-refractivity contribution >= 4 is 27.5 Å². The second-order valence-electron chi connectivity index (χ2n) is 7.32. The van der Waals surface area contributed by atoms with Gasteiger partial charge in [-0.15, -0.1) is 0 Å². The van der Waals surface area contributed by atoms with E-state index >= 15 is 0 Å². The molecular weight excluding hydrogens is 422 g/mol. The van der Waals surface area contributed by atoms with Crippen molar-refractivity contribution in [1.82, 2.24) is 9.21 Å². The lowest BCUT2D eigenvalue weighted by Crippen LogP contribution is -2.37. The molecule has 0 aliphatic heterocycles. The van der Waals surface area contributed by atoms with Gasteiger partial charge in [0.25, 0.3) is 0 Å². The predicted octanol–water partition coefficient (Wildman–Crippen LogP) is 3.54. The zero-order valence-corrected chi connectivity index (χ0v) is 19.2. The highest BCUT2D eigenvalue weighted by Gasteiger charge is 2.24. The molecule has 0 spiro atoms. The molecule has 160 valence electrons. The first-order chi connectivity index (χ1) is 14.1. The molecular formula is C22H26ClN3O3S. The maximum atomic E-state index is 12.9. The third-order valence-electron chi connectivity index (χ3n) is 5.03. The van der Waals surface area contributed by atoms with Crippen molar-refractivity contribution in [2.45, 2.75) is 31.6 Å². The van der Waals surface area contributed by atoms with Gasteiger partial charge >= 0.3 is 0 Å². The van der Waals surface area contributed by atoms with Crippen LogP contribution < -0.4 is 0 Å². The quantitative estimate of drug-likeness (QED) is 0.619. The zero-order valence-electron chi connectivity index (χ0n) is 17.6. The lowest BCUT2D eigenvalue weighted by atomic mass is 10.1. The van der Waals surface area contributed by atoms with Crippen LogP contribution >= 0.6 is 11.6 Å². The lowest BCUT2D eigenvalue weighted by molar-refractivity contribution is -0.129. The van der Waals surface area contributed by atoms with E-state index in [0.717, 1.165) is 5.56 Å². The fourth-order valence-corrected chi connectivity index (χ4v) is 4.59. The lowest BCUT2D eigenvalue weighted by Gasteiger charge is -2.23. The molecule has 30 heavy (non-hydrogen) atoms. The van der Waals surface area contributed by atoms with Crippen molar-refractivity contribution in [3.8, 4) is 6.07 Å². The van der Waals surface area contributed by atoms with Gasteiger partial charge in [-0.3, -0.25) is 4.79 Å². The molecule has 0 radical (unpaired) electrons. The number of halogens is 1. The van der Waals surface area contributed by atoms with Gasteiger partial charge in [0.05, 0.1) is 16.5 Å². The largest absolute Gasteiger partial charge is 0.344 e. The number of rotatable bonds is 8. The number of benzene rings is 2. The van der Waals surface area contributed by atoms with Gasteiger partial charge in [0.2, 0.25) is 15.9 Å². The van der Waals surface area contributed by atoms with E-state index in [2.05, 4.69) is 6.07 Å². The summed E-state index contributed by atoms with van der Waals surface area (Å²) in [5.74, 6) is -0.0660. The minimum atomic E-state index is -3.68. The average Bonchev–Trinajstić information content (AvgIpc) is 2.72. The van der Waals surface area contributed by atoms with Crippen molar-refractivity contribution in [2.75, 3.05) is 27.2 Å². The monoisotopic (exact) mass is 447 g/mol. The number of hydrogen-bond donors (Lipinski definition) is 0. The Labute approximate surface area is 183 Å². The van der Waals surface area contributed by atoms with Crippen LogP contribution in [0.15, 0.2) is 41.3 Å². The van der Waals surface area contributed by atoms with Crippen LogP contribution in [0.4, 0.5) is 0 Å². The van der Waals surface area contributed by atoms with Crippen LogP contribution in [0.25, 0.3) is 0 Å². The van der Waals surface area contributed by atoms with Gasteiger partial charge in [0.1, 0.15) is 0 Å². The molecule has 0 aromatic heterocycles. The molecule has 0 N–H and O–H groups in total. The van der Waals surface area contributed by atoms with E-state index in [0.29, 0.717) is 34.6 Å². The first kappa shape index (κ1) is 23.9. The third kappa shape index (κ3) is 5.82. The van der Waals surface area contributed by atoms with Gasteiger partial charge in [-0.2, -0.15) is 9.57 Å². The van der Waals surface area contributed by atoms with Crippen LogP contribution in [0.5, 0.6) is 0 Å². The Bertz CT molecular complexity index is 1060. The van der Waals surface area contributed by atoms with Crippen LogP contribution in [0, 0.1) is 25.2 Å². The van der Waals surface area contributed by atoms with Gasteiger partial charge in [-0.25, -0.2) is 8.42 Å². The summed E-state index contributed by atoms with van der Waals surface area (Å²) in [5.41, 5.74) is 2.84. The van der Waals surface area contributed by atoms with E-state index in [1.807, 2.05) is 12.1 Å². The number of nitrogens with zero attached hydrogens (tertiary/aromatic N) is 3. The molecule has 6 nitrogen and oxygen atoms in total. The van der Waals surface area contributed by atoms with Crippen molar-refractivity contribution in [3.63, 3.8) is 0 Å². The summed E-state index contributed by atoms with van der Waals surface area (Å²) in [6.07, 6.45) is 0.876. The van der Waals surface area contributed by atoms with Gasteiger partial charge in [-0.05, 0) is 61.2 Å². The van der Waals surface area contributed by atoms with Crippen molar-refractivity contribution in [1.29, 1.82) is 5.26 Å². The van der Waals surface area contributed by atoms with E-state index < -0.39 is 10.0 Å². The van der Waals surface area contributed by atoms with E-state index in [1.54, 1.807) is 45.2 Å². The first-order valence-electron chi connectivity index (χ1n) is 9.52. The Morgan fingerprint density at radius 3 is 2.30 bits per heavy atom. The molecule has 0 fully saturated rings. The second-order valence-corrected chi connectivity index (χ2v) is 9.74. The number of sulfonamides is 1. The molecule has 0 bridgehead atoms. The smallest absolute Gasteiger partial charge is 0.243 e. The fourth-order valence-electron chi connectivity index (χ4n) is 2.92. The first-order valence-corrected chi connectivity index (χ1v) is 11.3. The van der Waals surface area contributed by atoms with Crippen molar-refractivity contribution < 1.29 is 13.2 Å². The molecule has 0 saturated carbocycles. The number of hydrogen-bond acceptors (Lipinski definition) is 4. The molecule has 0 aliphatic carbocycles. The molecule has 2 rings (SSSR count). The van der Waals surface area contributed by atoms with Gasteiger partial charge in [-0.1, -0.05) is 23.7 Å². The number of likely N-dealkylation sites (N-methyl/N-ethyl adjacent to an activating group) is 2. The number of aryl methyl sites for hydroxylation is 3. The molecule has 2 aromatic rings. The summed E-state index contributed by atoms with van der Waals surface area (Å²) in [6.45, 7) is 3.95.